The molecule has 108 valence electrons. The van der Waals surface area contributed by atoms with E-state index < -0.39 is 6.10 Å². The predicted octanol–water partition coefficient (Wildman–Crippen LogP) is 1.82. The highest BCUT2D eigenvalue weighted by Crippen LogP contribution is 2.33. The van der Waals surface area contributed by atoms with Gasteiger partial charge in [-0.3, -0.25) is 0 Å². The van der Waals surface area contributed by atoms with Crippen molar-refractivity contribution >= 4 is 5.97 Å². The molecular formula is C15H18O5. The third-order valence-corrected chi connectivity index (χ3v) is 3.71. The molecule has 2 saturated heterocycles. The molecule has 5 heteroatoms. The lowest BCUT2D eigenvalue weighted by molar-refractivity contribution is -0.287. The molecule has 3 rings (SSSR count). The summed E-state index contributed by atoms with van der Waals surface area (Å²) in [7, 11) is 1.37. The van der Waals surface area contributed by atoms with Crippen LogP contribution >= 0.6 is 0 Å². The van der Waals surface area contributed by atoms with Crippen LogP contribution in [-0.2, 0) is 23.7 Å². The molecule has 0 amide bonds. The maximum absolute atomic E-state index is 11.5. The van der Waals surface area contributed by atoms with Crippen LogP contribution in [0, 0.1) is 0 Å². The Morgan fingerprint density at radius 2 is 1.95 bits per heavy atom. The van der Waals surface area contributed by atoms with Gasteiger partial charge in [0.15, 0.2) is 12.4 Å². The van der Waals surface area contributed by atoms with E-state index in [0.717, 1.165) is 12.0 Å². The minimum Gasteiger partial charge on any atom is -0.467 e. The van der Waals surface area contributed by atoms with Gasteiger partial charge in [0.05, 0.1) is 19.8 Å². The molecule has 20 heavy (non-hydrogen) atoms. The number of carbonyl (C=O) groups is 1. The SMILES string of the molecule is COC(=O)[C@H]1CC[C@H]2O[C@@H](c3ccccc3)OC[C@H]2O1. The Labute approximate surface area is 117 Å². The number of fused-ring (bicyclic) bond motifs is 1. The first kappa shape index (κ1) is 13.5. The molecule has 2 fully saturated rings. The summed E-state index contributed by atoms with van der Waals surface area (Å²) in [5.41, 5.74) is 1.00. The largest absolute Gasteiger partial charge is 0.467 e. The van der Waals surface area contributed by atoms with E-state index in [1.165, 1.54) is 7.11 Å². The number of benzene rings is 1. The highest BCUT2D eigenvalue weighted by atomic mass is 16.7. The van der Waals surface area contributed by atoms with Crippen LogP contribution in [0.2, 0.25) is 0 Å². The van der Waals surface area contributed by atoms with Crippen LogP contribution in [0.3, 0.4) is 0 Å². The van der Waals surface area contributed by atoms with Crippen molar-refractivity contribution in [3.63, 3.8) is 0 Å². The molecule has 0 bridgehead atoms. The fraction of sp³-hybridized carbons (Fsp3) is 0.533. The molecule has 2 aliphatic rings. The Bertz CT molecular complexity index is 461. The van der Waals surface area contributed by atoms with Gasteiger partial charge < -0.3 is 18.9 Å². The van der Waals surface area contributed by atoms with E-state index in [1.54, 1.807) is 0 Å². The fourth-order valence-electron chi connectivity index (χ4n) is 2.64. The van der Waals surface area contributed by atoms with Gasteiger partial charge in [0, 0.05) is 5.56 Å². The van der Waals surface area contributed by atoms with Gasteiger partial charge in [-0.15, -0.1) is 0 Å². The first-order chi connectivity index (χ1) is 9.78. The minimum atomic E-state index is -0.498. The smallest absolute Gasteiger partial charge is 0.334 e. The van der Waals surface area contributed by atoms with Gasteiger partial charge in [-0.1, -0.05) is 30.3 Å². The zero-order valence-corrected chi connectivity index (χ0v) is 11.4. The van der Waals surface area contributed by atoms with Crippen LogP contribution in [0.4, 0.5) is 0 Å². The number of ether oxygens (including phenoxy) is 4. The molecule has 5 nitrogen and oxygen atoms in total. The monoisotopic (exact) mass is 278 g/mol. The predicted molar refractivity (Wildman–Crippen MR) is 69.9 cm³/mol. The van der Waals surface area contributed by atoms with E-state index in [9.17, 15) is 4.79 Å². The van der Waals surface area contributed by atoms with E-state index in [4.69, 9.17) is 18.9 Å². The molecule has 0 aromatic heterocycles. The second-order valence-corrected chi connectivity index (χ2v) is 5.01. The number of hydrogen-bond donors (Lipinski definition) is 0. The third kappa shape index (κ3) is 2.70. The van der Waals surface area contributed by atoms with Crippen molar-refractivity contribution < 1.29 is 23.7 Å². The number of methoxy groups -OCH3 is 1. The number of hydrogen-bond acceptors (Lipinski definition) is 5. The van der Waals surface area contributed by atoms with Gasteiger partial charge in [0.2, 0.25) is 0 Å². The Balaban J connectivity index is 1.62. The molecule has 0 radical (unpaired) electrons. The molecule has 2 aliphatic heterocycles. The van der Waals surface area contributed by atoms with Crippen LogP contribution in [-0.4, -0.2) is 38.0 Å². The van der Waals surface area contributed by atoms with Crippen molar-refractivity contribution in [1.29, 1.82) is 0 Å². The number of rotatable bonds is 2. The standard InChI is InChI=1S/C15H18O5/c1-17-14(16)12-8-7-11-13(19-12)9-18-15(20-11)10-5-3-2-4-6-10/h2-6,11-13,15H,7-9H2,1H3/t11-,12-,13-,15+/m1/s1. The first-order valence-corrected chi connectivity index (χ1v) is 6.83. The molecule has 0 spiro atoms. The molecule has 2 heterocycles. The summed E-state index contributed by atoms with van der Waals surface area (Å²) in [4.78, 5) is 11.5. The van der Waals surface area contributed by atoms with E-state index in [0.29, 0.717) is 13.0 Å². The van der Waals surface area contributed by atoms with Crippen LogP contribution < -0.4 is 0 Å². The number of esters is 1. The summed E-state index contributed by atoms with van der Waals surface area (Å²) < 4.78 is 22.1. The molecule has 0 N–H and O–H groups in total. The number of carbonyl (C=O) groups excluding carboxylic acids is 1. The van der Waals surface area contributed by atoms with Gasteiger partial charge in [0.1, 0.15) is 6.10 Å². The lowest BCUT2D eigenvalue weighted by Crippen LogP contribution is -2.49. The zero-order chi connectivity index (χ0) is 13.9. The lowest BCUT2D eigenvalue weighted by atomic mass is 10.00. The molecule has 4 atom stereocenters. The van der Waals surface area contributed by atoms with Crippen LogP contribution in [0.15, 0.2) is 30.3 Å². The second-order valence-electron chi connectivity index (χ2n) is 5.01. The molecular weight excluding hydrogens is 260 g/mol. The van der Waals surface area contributed by atoms with Crippen molar-refractivity contribution in [2.24, 2.45) is 0 Å². The summed E-state index contributed by atoms with van der Waals surface area (Å²) in [6.45, 7) is 0.428. The van der Waals surface area contributed by atoms with Gasteiger partial charge in [-0.05, 0) is 12.8 Å². The maximum atomic E-state index is 11.5. The summed E-state index contributed by atoms with van der Waals surface area (Å²) in [5, 5.41) is 0. The van der Waals surface area contributed by atoms with Gasteiger partial charge >= 0.3 is 5.97 Å². The van der Waals surface area contributed by atoms with Crippen molar-refractivity contribution in [1.82, 2.24) is 0 Å². The Hall–Kier alpha value is -1.43. The Morgan fingerprint density at radius 3 is 2.70 bits per heavy atom. The molecule has 0 aliphatic carbocycles. The van der Waals surface area contributed by atoms with Crippen molar-refractivity contribution in [2.75, 3.05) is 13.7 Å². The van der Waals surface area contributed by atoms with Crippen molar-refractivity contribution in [3.8, 4) is 0 Å². The molecule has 1 aromatic rings. The zero-order valence-electron chi connectivity index (χ0n) is 11.4. The van der Waals surface area contributed by atoms with E-state index >= 15 is 0 Å². The van der Waals surface area contributed by atoms with Crippen molar-refractivity contribution in [2.45, 2.75) is 37.4 Å². The highest BCUT2D eigenvalue weighted by Gasteiger charge is 2.40. The second kappa shape index (κ2) is 5.91. The molecule has 0 saturated carbocycles. The Morgan fingerprint density at radius 1 is 1.15 bits per heavy atom. The fourth-order valence-corrected chi connectivity index (χ4v) is 2.64. The third-order valence-electron chi connectivity index (χ3n) is 3.71. The summed E-state index contributed by atoms with van der Waals surface area (Å²) in [5.74, 6) is -0.325. The van der Waals surface area contributed by atoms with Crippen LogP contribution in [0.1, 0.15) is 24.7 Å². The Kier molecular flexibility index (Phi) is 4.00. The molecule has 1 aromatic carbocycles. The van der Waals surface area contributed by atoms with Gasteiger partial charge in [-0.25, -0.2) is 4.79 Å². The summed E-state index contributed by atoms with van der Waals surface area (Å²) in [6.07, 6.45) is 0.312. The van der Waals surface area contributed by atoms with Crippen LogP contribution in [0.25, 0.3) is 0 Å². The average Bonchev–Trinajstić information content (AvgIpc) is 2.54. The normalized spacial score (nSPS) is 33.2. The molecule has 0 unspecified atom stereocenters. The first-order valence-electron chi connectivity index (χ1n) is 6.83. The van der Waals surface area contributed by atoms with Gasteiger partial charge in [0.25, 0.3) is 0 Å². The van der Waals surface area contributed by atoms with E-state index in [1.807, 2.05) is 30.3 Å². The highest BCUT2D eigenvalue weighted by molar-refractivity contribution is 5.74. The topological polar surface area (TPSA) is 54.0 Å². The van der Waals surface area contributed by atoms with E-state index in [2.05, 4.69) is 0 Å². The van der Waals surface area contributed by atoms with E-state index in [-0.39, 0.29) is 24.5 Å². The maximum Gasteiger partial charge on any atom is 0.334 e. The van der Waals surface area contributed by atoms with Gasteiger partial charge in [-0.2, -0.15) is 0 Å². The summed E-state index contributed by atoms with van der Waals surface area (Å²) >= 11 is 0. The average molecular weight is 278 g/mol. The quantitative estimate of drug-likeness (QED) is 0.772. The van der Waals surface area contributed by atoms with Crippen molar-refractivity contribution in [3.05, 3.63) is 35.9 Å². The van der Waals surface area contributed by atoms with Crippen LogP contribution in [0.5, 0.6) is 0 Å². The lowest BCUT2D eigenvalue weighted by Gasteiger charge is -2.41. The summed E-state index contributed by atoms with van der Waals surface area (Å²) in [6, 6.07) is 9.83. The minimum absolute atomic E-state index is 0.0325.